The molecule has 0 radical (unpaired) electrons. The van der Waals surface area contributed by atoms with Crippen LogP contribution in [0.1, 0.15) is 62.0 Å². The van der Waals surface area contributed by atoms with Crippen LogP contribution in [0, 0.1) is 5.92 Å². The van der Waals surface area contributed by atoms with Gasteiger partial charge in [-0.05, 0) is 30.4 Å². The van der Waals surface area contributed by atoms with Gasteiger partial charge in [0.1, 0.15) is 5.78 Å². The van der Waals surface area contributed by atoms with Gasteiger partial charge in [0.2, 0.25) is 0 Å². The molecule has 1 atom stereocenters. The molecule has 0 fully saturated rings. The van der Waals surface area contributed by atoms with Gasteiger partial charge in [0.05, 0.1) is 6.42 Å². The van der Waals surface area contributed by atoms with Gasteiger partial charge in [-0.25, -0.2) is 0 Å². The molecule has 0 saturated heterocycles. The number of rotatable bonds is 7. The van der Waals surface area contributed by atoms with Crippen molar-refractivity contribution in [2.24, 2.45) is 5.92 Å². The van der Waals surface area contributed by atoms with E-state index < -0.39 is 0 Å². The van der Waals surface area contributed by atoms with Crippen LogP contribution in [0.5, 0.6) is 0 Å². The normalized spacial score (nSPS) is 12.2. The lowest BCUT2D eigenvalue weighted by atomic mass is 9.90. The van der Waals surface area contributed by atoms with Crippen LogP contribution >= 0.6 is 0 Å². The first-order valence-corrected chi connectivity index (χ1v) is 7.21. The number of carbonyl (C=O) groups is 2. The molecule has 1 rings (SSSR count). The third-order valence-electron chi connectivity index (χ3n) is 3.77. The van der Waals surface area contributed by atoms with E-state index in [1.165, 1.54) is 0 Å². The Kier molecular flexibility index (Phi) is 5.94. The molecule has 1 unspecified atom stereocenters. The number of hydrogen-bond donors (Lipinski definition) is 0. The molecule has 0 saturated carbocycles. The highest BCUT2D eigenvalue weighted by Crippen LogP contribution is 2.20. The van der Waals surface area contributed by atoms with Crippen molar-refractivity contribution in [1.29, 1.82) is 0 Å². The Balaban J connectivity index is 3.02. The summed E-state index contributed by atoms with van der Waals surface area (Å²) >= 11 is 0. The Hall–Kier alpha value is -1.44. The van der Waals surface area contributed by atoms with Crippen LogP contribution in [0.3, 0.4) is 0 Å². The molecule has 0 heterocycles. The van der Waals surface area contributed by atoms with E-state index in [1.54, 1.807) is 0 Å². The number of benzene rings is 1. The predicted molar refractivity (Wildman–Crippen MR) is 78.6 cm³/mol. The molecule has 19 heavy (non-hydrogen) atoms. The minimum Gasteiger partial charge on any atom is -0.299 e. The van der Waals surface area contributed by atoms with Gasteiger partial charge in [0.15, 0.2) is 5.78 Å². The van der Waals surface area contributed by atoms with Gasteiger partial charge in [-0.15, -0.1) is 0 Å². The van der Waals surface area contributed by atoms with Crippen LogP contribution in [0.15, 0.2) is 18.2 Å². The monoisotopic (exact) mass is 260 g/mol. The fraction of sp³-hybridized carbons (Fsp3) is 0.529. The SMILES string of the molecule is CCc1cccc(CC)c1C(=O)CC(=O)C(C)CC. The molecule has 2 heteroatoms. The van der Waals surface area contributed by atoms with Crippen molar-refractivity contribution < 1.29 is 9.59 Å². The first kappa shape index (κ1) is 15.6. The average molecular weight is 260 g/mol. The number of ketones is 2. The molecule has 2 nitrogen and oxygen atoms in total. The van der Waals surface area contributed by atoms with E-state index in [9.17, 15) is 9.59 Å². The zero-order valence-electron chi connectivity index (χ0n) is 12.5. The molecule has 0 bridgehead atoms. The van der Waals surface area contributed by atoms with E-state index in [1.807, 2.05) is 45.9 Å². The molecule has 0 aliphatic rings. The number of Topliss-reactive ketones (excluding diaryl/α,β-unsaturated/α-hetero) is 2. The molecule has 0 aliphatic carbocycles. The van der Waals surface area contributed by atoms with E-state index in [2.05, 4.69) is 0 Å². The van der Waals surface area contributed by atoms with Crippen molar-refractivity contribution in [3.63, 3.8) is 0 Å². The maximum atomic E-state index is 12.4. The Labute approximate surface area is 116 Å². The van der Waals surface area contributed by atoms with Crippen LogP contribution in [-0.2, 0) is 17.6 Å². The lowest BCUT2D eigenvalue weighted by Crippen LogP contribution is -2.17. The topological polar surface area (TPSA) is 34.1 Å². The van der Waals surface area contributed by atoms with Gasteiger partial charge in [-0.3, -0.25) is 9.59 Å². The first-order chi connectivity index (χ1) is 9.04. The fourth-order valence-corrected chi connectivity index (χ4v) is 2.25. The predicted octanol–water partition coefficient (Wildman–Crippen LogP) is 4.00. The molecular weight excluding hydrogens is 236 g/mol. The van der Waals surface area contributed by atoms with Crippen molar-refractivity contribution in [2.45, 2.75) is 53.4 Å². The molecule has 104 valence electrons. The second kappa shape index (κ2) is 7.22. The maximum absolute atomic E-state index is 12.4. The van der Waals surface area contributed by atoms with Crippen LogP contribution in [0.4, 0.5) is 0 Å². The fourth-order valence-electron chi connectivity index (χ4n) is 2.25. The summed E-state index contributed by atoms with van der Waals surface area (Å²) < 4.78 is 0. The lowest BCUT2D eigenvalue weighted by Gasteiger charge is -2.13. The zero-order chi connectivity index (χ0) is 14.4. The third kappa shape index (κ3) is 3.76. The van der Waals surface area contributed by atoms with Gasteiger partial charge >= 0.3 is 0 Å². The van der Waals surface area contributed by atoms with Gasteiger partial charge in [0.25, 0.3) is 0 Å². The summed E-state index contributed by atoms with van der Waals surface area (Å²) in [5, 5.41) is 0. The number of hydrogen-bond acceptors (Lipinski definition) is 2. The van der Waals surface area contributed by atoms with Crippen molar-refractivity contribution in [3.8, 4) is 0 Å². The first-order valence-electron chi connectivity index (χ1n) is 7.21. The van der Waals surface area contributed by atoms with E-state index in [0.717, 1.165) is 36.0 Å². The van der Waals surface area contributed by atoms with Crippen molar-refractivity contribution >= 4 is 11.6 Å². The second-order valence-electron chi connectivity index (χ2n) is 5.03. The lowest BCUT2D eigenvalue weighted by molar-refractivity contribution is -0.121. The zero-order valence-corrected chi connectivity index (χ0v) is 12.5. The van der Waals surface area contributed by atoms with E-state index in [-0.39, 0.29) is 23.9 Å². The van der Waals surface area contributed by atoms with Gasteiger partial charge in [0, 0.05) is 11.5 Å². The van der Waals surface area contributed by atoms with Crippen molar-refractivity contribution in [1.82, 2.24) is 0 Å². The van der Waals surface area contributed by atoms with E-state index in [0.29, 0.717) is 0 Å². The summed E-state index contributed by atoms with van der Waals surface area (Å²) in [6, 6.07) is 5.96. The Morgan fingerprint density at radius 2 is 1.58 bits per heavy atom. The largest absolute Gasteiger partial charge is 0.299 e. The summed E-state index contributed by atoms with van der Waals surface area (Å²) in [7, 11) is 0. The third-order valence-corrected chi connectivity index (χ3v) is 3.77. The molecule has 0 spiro atoms. The Bertz CT molecular complexity index is 438. The molecular formula is C17H24O2. The standard InChI is InChI=1S/C17H24O2/c1-5-12(4)15(18)11-16(19)17-13(6-2)9-8-10-14(17)7-3/h8-10,12H,5-7,11H2,1-4H3. The van der Waals surface area contributed by atoms with Gasteiger partial charge in [-0.2, -0.15) is 0 Å². The smallest absolute Gasteiger partial charge is 0.170 e. The maximum Gasteiger partial charge on any atom is 0.170 e. The molecule has 0 aliphatic heterocycles. The summed E-state index contributed by atoms with van der Waals surface area (Å²) in [6.45, 7) is 7.96. The van der Waals surface area contributed by atoms with Crippen LogP contribution in [0.25, 0.3) is 0 Å². The molecule has 0 aromatic heterocycles. The Morgan fingerprint density at radius 3 is 2.00 bits per heavy atom. The molecule has 0 N–H and O–H groups in total. The second-order valence-corrected chi connectivity index (χ2v) is 5.03. The summed E-state index contributed by atoms with van der Waals surface area (Å²) in [6.07, 6.45) is 2.49. The van der Waals surface area contributed by atoms with Crippen molar-refractivity contribution in [2.75, 3.05) is 0 Å². The summed E-state index contributed by atoms with van der Waals surface area (Å²) in [5.74, 6) is 0.0166. The minimum absolute atomic E-state index is 0.0143. The molecule has 0 amide bonds. The highest BCUT2D eigenvalue weighted by molar-refractivity contribution is 6.10. The van der Waals surface area contributed by atoms with Crippen LogP contribution < -0.4 is 0 Å². The number of carbonyl (C=O) groups excluding carboxylic acids is 2. The Morgan fingerprint density at radius 1 is 1.05 bits per heavy atom. The van der Waals surface area contributed by atoms with Crippen LogP contribution in [0.2, 0.25) is 0 Å². The van der Waals surface area contributed by atoms with Gasteiger partial charge in [-0.1, -0.05) is 45.9 Å². The highest BCUT2D eigenvalue weighted by atomic mass is 16.1. The van der Waals surface area contributed by atoms with E-state index in [4.69, 9.17) is 0 Å². The van der Waals surface area contributed by atoms with E-state index >= 15 is 0 Å². The highest BCUT2D eigenvalue weighted by Gasteiger charge is 2.20. The average Bonchev–Trinajstić information content (AvgIpc) is 2.44. The quantitative estimate of drug-likeness (QED) is 0.548. The van der Waals surface area contributed by atoms with Crippen LogP contribution in [-0.4, -0.2) is 11.6 Å². The number of aryl methyl sites for hydroxylation is 2. The summed E-state index contributed by atoms with van der Waals surface area (Å²) in [4.78, 5) is 24.4. The summed E-state index contributed by atoms with van der Waals surface area (Å²) in [5.41, 5.74) is 2.90. The molecule has 1 aromatic carbocycles. The van der Waals surface area contributed by atoms with Crippen molar-refractivity contribution in [3.05, 3.63) is 34.9 Å². The minimum atomic E-state index is -0.0252. The van der Waals surface area contributed by atoms with Gasteiger partial charge < -0.3 is 0 Å². The molecule has 1 aromatic rings.